The summed E-state index contributed by atoms with van der Waals surface area (Å²) < 4.78 is 6.04. The van der Waals surface area contributed by atoms with Crippen molar-refractivity contribution in [2.45, 2.75) is 38.5 Å². The minimum Gasteiger partial charge on any atom is -0.478 e. The van der Waals surface area contributed by atoms with Gasteiger partial charge in [-0.05, 0) is 49.1 Å². The number of carboxylic acids is 1. The van der Waals surface area contributed by atoms with Crippen LogP contribution in [0.5, 0.6) is 0 Å². The SMILES string of the molecule is O=C(O)c1ccc(CNCCCOC2CCN(Cc3ccccc3)CC2)cc1. The zero-order valence-corrected chi connectivity index (χ0v) is 16.3. The Labute approximate surface area is 167 Å². The van der Waals surface area contributed by atoms with E-state index >= 15 is 0 Å². The molecule has 5 nitrogen and oxygen atoms in total. The highest BCUT2D eigenvalue weighted by Crippen LogP contribution is 2.16. The lowest BCUT2D eigenvalue weighted by molar-refractivity contribution is 0.00505. The lowest BCUT2D eigenvalue weighted by Crippen LogP contribution is -2.36. The second-order valence-corrected chi connectivity index (χ2v) is 7.36. The third-order valence-electron chi connectivity index (χ3n) is 5.17. The van der Waals surface area contributed by atoms with Crippen LogP contribution in [0.4, 0.5) is 0 Å². The van der Waals surface area contributed by atoms with Crippen LogP contribution in [0.15, 0.2) is 54.6 Å². The molecule has 0 amide bonds. The lowest BCUT2D eigenvalue weighted by Gasteiger charge is -2.32. The van der Waals surface area contributed by atoms with Crippen LogP contribution in [0, 0.1) is 0 Å². The van der Waals surface area contributed by atoms with E-state index in [1.54, 1.807) is 12.1 Å². The molecular weight excluding hydrogens is 352 g/mol. The third-order valence-corrected chi connectivity index (χ3v) is 5.17. The van der Waals surface area contributed by atoms with Crippen LogP contribution >= 0.6 is 0 Å². The summed E-state index contributed by atoms with van der Waals surface area (Å²) in [6.07, 6.45) is 3.58. The number of aromatic carboxylic acids is 1. The number of rotatable bonds is 10. The highest BCUT2D eigenvalue weighted by atomic mass is 16.5. The fourth-order valence-electron chi connectivity index (χ4n) is 3.52. The van der Waals surface area contributed by atoms with Gasteiger partial charge in [0.25, 0.3) is 0 Å². The molecule has 0 aliphatic carbocycles. The van der Waals surface area contributed by atoms with Gasteiger partial charge in [-0.25, -0.2) is 4.79 Å². The average molecular weight is 383 g/mol. The van der Waals surface area contributed by atoms with E-state index in [1.807, 2.05) is 12.1 Å². The van der Waals surface area contributed by atoms with E-state index in [1.165, 1.54) is 5.56 Å². The number of ether oxygens (including phenoxy) is 1. The Hall–Kier alpha value is -2.21. The maximum Gasteiger partial charge on any atom is 0.335 e. The van der Waals surface area contributed by atoms with Crippen LogP contribution < -0.4 is 5.32 Å². The second-order valence-electron chi connectivity index (χ2n) is 7.36. The largest absolute Gasteiger partial charge is 0.478 e. The number of carbonyl (C=O) groups is 1. The number of hydrogen-bond acceptors (Lipinski definition) is 4. The van der Waals surface area contributed by atoms with Crippen LogP contribution in [0.1, 0.15) is 40.7 Å². The predicted octanol–water partition coefficient (Wildman–Crippen LogP) is 3.55. The molecule has 0 saturated carbocycles. The summed E-state index contributed by atoms with van der Waals surface area (Å²) in [5.41, 5.74) is 2.80. The Morgan fingerprint density at radius 3 is 2.43 bits per heavy atom. The summed E-state index contributed by atoms with van der Waals surface area (Å²) in [6, 6.07) is 17.7. The zero-order chi connectivity index (χ0) is 19.6. The van der Waals surface area contributed by atoms with Crippen molar-refractivity contribution < 1.29 is 14.6 Å². The number of likely N-dealkylation sites (tertiary alicyclic amines) is 1. The van der Waals surface area contributed by atoms with Crippen molar-refractivity contribution in [1.82, 2.24) is 10.2 Å². The molecule has 1 aliphatic heterocycles. The first-order valence-electron chi connectivity index (χ1n) is 10.1. The van der Waals surface area contributed by atoms with Crippen molar-refractivity contribution in [3.05, 3.63) is 71.3 Å². The van der Waals surface area contributed by atoms with Crippen LogP contribution in [0.25, 0.3) is 0 Å². The number of benzene rings is 2. The normalized spacial score (nSPS) is 15.6. The summed E-state index contributed by atoms with van der Waals surface area (Å²) in [5, 5.41) is 12.3. The fourth-order valence-corrected chi connectivity index (χ4v) is 3.52. The first-order chi connectivity index (χ1) is 13.7. The fraction of sp³-hybridized carbons (Fsp3) is 0.435. The van der Waals surface area contributed by atoms with Gasteiger partial charge in [0, 0.05) is 32.8 Å². The van der Waals surface area contributed by atoms with Crippen molar-refractivity contribution in [2.24, 2.45) is 0 Å². The molecule has 28 heavy (non-hydrogen) atoms. The van der Waals surface area contributed by atoms with Gasteiger partial charge < -0.3 is 15.2 Å². The van der Waals surface area contributed by atoms with Crippen molar-refractivity contribution >= 4 is 5.97 Å². The molecule has 1 heterocycles. The van der Waals surface area contributed by atoms with Gasteiger partial charge in [0.05, 0.1) is 11.7 Å². The van der Waals surface area contributed by atoms with Crippen LogP contribution in [-0.4, -0.2) is 48.3 Å². The van der Waals surface area contributed by atoms with E-state index in [9.17, 15) is 4.79 Å². The quantitative estimate of drug-likeness (QED) is 0.616. The second kappa shape index (κ2) is 11.0. The van der Waals surface area contributed by atoms with Gasteiger partial charge >= 0.3 is 5.97 Å². The highest BCUT2D eigenvalue weighted by Gasteiger charge is 2.19. The Morgan fingerprint density at radius 1 is 1.04 bits per heavy atom. The predicted molar refractivity (Wildman–Crippen MR) is 110 cm³/mol. The van der Waals surface area contributed by atoms with Gasteiger partial charge in [-0.2, -0.15) is 0 Å². The van der Waals surface area contributed by atoms with E-state index in [2.05, 4.69) is 40.5 Å². The zero-order valence-electron chi connectivity index (χ0n) is 16.3. The first-order valence-corrected chi connectivity index (χ1v) is 10.1. The summed E-state index contributed by atoms with van der Waals surface area (Å²) in [5.74, 6) is -0.887. The molecule has 2 aromatic carbocycles. The summed E-state index contributed by atoms with van der Waals surface area (Å²) in [6.45, 7) is 5.67. The maximum atomic E-state index is 10.8. The number of nitrogens with one attached hydrogen (secondary N) is 1. The van der Waals surface area contributed by atoms with E-state index < -0.39 is 5.97 Å². The Bertz CT molecular complexity index is 710. The number of nitrogens with zero attached hydrogens (tertiary/aromatic N) is 1. The molecule has 150 valence electrons. The monoisotopic (exact) mass is 382 g/mol. The van der Waals surface area contributed by atoms with Crippen molar-refractivity contribution in [1.29, 1.82) is 0 Å². The minimum absolute atomic E-state index is 0.326. The van der Waals surface area contributed by atoms with E-state index in [0.717, 1.165) is 64.2 Å². The standard InChI is InChI=1S/C23H30N2O3/c26-23(27)21-9-7-19(8-10-21)17-24-13-4-16-28-22-11-14-25(15-12-22)18-20-5-2-1-3-6-20/h1-3,5-10,22,24H,4,11-18H2,(H,26,27). The molecule has 0 aromatic heterocycles. The van der Waals surface area contributed by atoms with E-state index in [-0.39, 0.29) is 0 Å². The van der Waals surface area contributed by atoms with Gasteiger partial charge in [-0.3, -0.25) is 4.90 Å². The molecule has 1 aliphatic rings. The molecule has 2 N–H and O–H groups in total. The minimum atomic E-state index is -0.887. The molecular formula is C23H30N2O3. The molecule has 0 unspecified atom stereocenters. The molecule has 3 rings (SSSR count). The molecule has 5 heteroatoms. The molecule has 0 bridgehead atoms. The van der Waals surface area contributed by atoms with E-state index in [0.29, 0.717) is 11.7 Å². The van der Waals surface area contributed by atoms with E-state index in [4.69, 9.17) is 9.84 Å². The molecule has 0 atom stereocenters. The van der Waals surface area contributed by atoms with Crippen molar-refractivity contribution in [3.63, 3.8) is 0 Å². The van der Waals surface area contributed by atoms with Gasteiger partial charge in [0.2, 0.25) is 0 Å². The summed E-state index contributed by atoms with van der Waals surface area (Å²) >= 11 is 0. The molecule has 0 spiro atoms. The van der Waals surface area contributed by atoms with Crippen LogP contribution in [0.2, 0.25) is 0 Å². The highest BCUT2D eigenvalue weighted by molar-refractivity contribution is 5.87. The Kier molecular flexibility index (Phi) is 8.03. The molecule has 0 radical (unpaired) electrons. The topological polar surface area (TPSA) is 61.8 Å². The van der Waals surface area contributed by atoms with Crippen molar-refractivity contribution in [3.8, 4) is 0 Å². The Balaban J connectivity index is 1.23. The van der Waals surface area contributed by atoms with Gasteiger partial charge in [-0.15, -0.1) is 0 Å². The number of hydrogen-bond donors (Lipinski definition) is 2. The maximum absolute atomic E-state index is 10.8. The van der Waals surface area contributed by atoms with Crippen LogP contribution in [-0.2, 0) is 17.8 Å². The van der Waals surface area contributed by atoms with Crippen LogP contribution in [0.3, 0.4) is 0 Å². The summed E-state index contributed by atoms with van der Waals surface area (Å²) in [4.78, 5) is 13.3. The Morgan fingerprint density at radius 2 is 1.75 bits per heavy atom. The molecule has 1 fully saturated rings. The lowest BCUT2D eigenvalue weighted by atomic mass is 10.1. The first kappa shape index (κ1) is 20.5. The molecule has 1 saturated heterocycles. The van der Waals surface area contributed by atoms with Gasteiger partial charge in [0.1, 0.15) is 0 Å². The molecule has 2 aromatic rings. The number of carboxylic acid groups (broad SMARTS) is 1. The average Bonchev–Trinajstić information content (AvgIpc) is 2.73. The smallest absolute Gasteiger partial charge is 0.335 e. The van der Waals surface area contributed by atoms with Gasteiger partial charge in [0.15, 0.2) is 0 Å². The third kappa shape index (κ3) is 6.75. The number of piperidine rings is 1. The summed E-state index contributed by atoms with van der Waals surface area (Å²) in [7, 11) is 0. The van der Waals surface area contributed by atoms with Gasteiger partial charge in [-0.1, -0.05) is 42.5 Å². The van der Waals surface area contributed by atoms with Crippen molar-refractivity contribution in [2.75, 3.05) is 26.2 Å².